The predicted octanol–water partition coefficient (Wildman–Crippen LogP) is 3.16. The number of hydrogen-bond acceptors (Lipinski definition) is 1. The van der Waals surface area contributed by atoms with E-state index in [1.807, 2.05) is 0 Å². The Balaban J connectivity index is 0.00000144. The van der Waals surface area contributed by atoms with Gasteiger partial charge in [0.2, 0.25) is 0 Å². The topological polar surface area (TPSA) is 17.1 Å². The van der Waals surface area contributed by atoms with Gasteiger partial charge < -0.3 is 4.79 Å². The van der Waals surface area contributed by atoms with E-state index >= 15 is 0 Å². The molecule has 0 aromatic heterocycles. The largest absolute Gasteiger partial charge is 0.346 e. The van der Waals surface area contributed by atoms with Gasteiger partial charge in [0.25, 0.3) is 0 Å². The Morgan fingerprint density at radius 3 is 2.59 bits per heavy atom. The molecular formula is C14H10FOY-. The summed E-state index contributed by atoms with van der Waals surface area (Å²) in [5, 5.41) is 0. The van der Waals surface area contributed by atoms with Gasteiger partial charge in [-0.25, -0.2) is 4.39 Å². The van der Waals surface area contributed by atoms with E-state index in [1.165, 1.54) is 12.1 Å². The molecule has 17 heavy (non-hydrogen) atoms. The summed E-state index contributed by atoms with van der Waals surface area (Å²) in [5.41, 5.74) is 1.27. The smallest absolute Gasteiger partial charge is 0.125 e. The number of hydrogen-bond donors (Lipinski definition) is 0. The van der Waals surface area contributed by atoms with Crippen molar-refractivity contribution in [1.29, 1.82) is 0 Å². The molecule has 0 heterocycles. The minimum atomic E-state index is -0.484. The van der Waals surface area contributed by atoms with Gasteiger partial charge in [-0.15, -0.1) is 35.9 Å². The van der Waals surface area contributed by atoms with Crippen LogP contribution in [0.5, 0.6) is 0 Å². The average Bonchev–Trinajstić information content (AvgIpc) is 2.29. The van der Waals surface area contributed by atoms with Gasteiger partial charge in [0, 0.05) is 38.3 Å². The predicted molar refractivity (Wildman–Crippen MR) is 59.8 cm³/mol. The Hall–Kier alpha value is -0.856. The maximum absolute atomic E-state index is 13.6. The van der Waals surface area contributed by atoms with E-state index in [1.54, 1.807) is 37.3 Å². The zero-order valence-corrected chi connectivity index (χ0v) is 12.2. The molecule has 0 saturated carbocycles. The molecule has 3 heteroatoms. The minimum absolute atomic E-state index is 0. The van der Waals surface area contributed by atoms with Crippen LogP contribution in [0, 0.1) is 18.8 Å². The molecule has 2 aromatic carbocycles. The molecule has 0 atom stereocenters. The van der Waals surface area contributed by atoms with Gasteiger partial charge in [-0.3, -0.25) is 0 Å². The van der Waals surface area contributed by atoms with E-state index in [2.05, 4.69) is 6.07 Å². The molecule has 1 nitrogen and oxygen atoms in total. The number of rotatable bonds is 2. The van der Waals surface area contributed by atoms with Crippen LogP contribution in [-0.2, 0) is 32.7 Å². The first-order valence-corrected chi connectivity index (χ1v) is 4.96. The molecular weight excluding hydrogens is 292 g/mol. The monoisotopic (exact) mass is 302 g/mol. The molecule has 83 valence electrons. The van der Waals surface area contributed by atoms with E-state index in [-0.39, 0.29) is 44.1 Å². The zero-order valence-electron chi connectivity index (χ0n) is 9.41. The molecule has 0 bridgehead atoms. The van der Waals surface area contributed by atoms with Gasteiger partial charge in [0.05, 0.1) is 0 Å². The molecule has 0 N–H and O–H groups in total. The van der Waals surface area contributed by atoms with Crippen molar-refractivity contribution in [2.75, 3.05) is 0 Å². The number of carbonyl (C=O) groups is 1. The molecule has 1 radical (unpaired) electrons. The van der Waals surface area contributed by atoms with Crippen molar-refractivity contribution < 1.29 is 41.9 Å². The van der Waals surface area contributed by atoms with E-state index in [0.29, 0.717) is 5.56 Å². The SMILES string of the molecule is Cc1ccc(C(=O)c2[c-]cccc2)c(F)c1.[Y]. The molecule has 0 aliphatic heterocycles. The number of aryl methyl sites for hydroxylation is 1. The van der Waals surface area contributed by atoms with Crippen molar-refractivity contribution in [3.8, 4) is 0 Å². The van der Waals surface area contributed by atoms with Crippen molar-refractivity contribution >= 4 is 5.78 Å². The molecule has 0 amide bonds. The first kappa shape index (κ1) is 14.2. The van der Waals surface area contributed by atoms with Gasteiger partial charge in [-0.2, -0.15) is 0 Å². The average molecular weight is 302 g/mol. The summed E-state index contributed by atoms with van der Waals surface area (Å²) >= 11 is 0. The molecule has 0 fully saturated rings. The third-order valence-corrected chi connectivity index (χ3v) is 2.32. The van der Waals surface area contributed by atoms with Crippen LogP contribution in [0.25, 0.3) is 0 Å². The molecule has 0 spiro atoms. The maximum atomic E-state index is 13.6. The number of benzene rings is 2. The molecule has 0 aliphatic rings. The van der Waals surface area contributed by atoms with E-state index in [9.17, 15) is 9.18 Å². The Labute approximate surface area is 125 Å². The summed E-state index contributed by atoms with van der Waals surface area (Å²) in [7, 11) is 0. The van der Waals surface area contributed by atoms with E-state index < -0.39 is 5.82 Å². The van der Waals surface area contributed by atoms with Crippen LogP contribution in [0.1, 0.15) is 21.5 Å². The van der Waals surface area contributed by atoms with E-state index in [4.69, 9.17) is 0 Å². The molecule has 0 saturated heterocycles. The number of halogens is 1. The van der Waals surface area contributed by atoms with Crippen LogP contribution in [0.15, 0.2) is 42.5 Å². The standard InChI is InChI=1S/C14H10FO.Y/c1-10-7-8-12(13(15)9-10)14(16)11-5-3-2-4-6-11;/h2-5,7-9H,1H3;/q-1;. The summed E-state index contributed by atoms with van der Waals surface area (Å²) in [6, 6.07) is 14.1. The summed E-state index contributed by atoms with van der Waals surface area (Å²) < 4.78 is 13.6. The van der Waals surface area contributed by atoms with Crippen LogP contribution >= 0.6 is 0 Å². The van der Waals surface area contributed by atoms with Gasteiger partial charge in [-0.05, 0) is 18.6 Å². The van der Waals surface area contributed by atoms with Crippen LogP contribution in [0.4, 0.5) is 4.39 Å². The first-order chi connectivity index (χ1) is 7.68. The fraction of sp³-hybridized carbons (Fsp3) is 0.0714. The third-order valence-electron chi connectivity index (χ3n) is 2.32. The fourth-order valence-electron chi connectivity index (χ4n) is 1.48. The van der Waals surface area contributed by atoms with Crippen LogP contribution < -0.4 is 0 Å². The van der Waals surface area contributed by atoms with Gasteiger partial charge in [-0.1, -0.05) is 12.1 Å². The second-order valence-electron chi connectivity index (χ2n) is 3.59. The first-order valence-electron chi connectivity index (χ1n) is 4.96. The van der Waals surface area contributed by atoms with Crippen LogP contribution in [0.2, 0.25) is 0 Å². The Kier molecular flexibility index (Phi) is 5.16. The Morgan fingerprint density at radius 2 is 2.00 bits per heavy atom. The van der Waals surface area contributed by atoms with Crippen molar-refractivity contribution in [2.45, 2.75) is 6.92 Å². The van der Waals surface area contributed by atoms with Gasteiger partial charge in [0.15, 0.2) is 0 Å². The number of ketones is 1. The summed E-state index contributed by atoms with van der Waals surface area (Å²) in [6.45, 7) is 1.78. The van der Waals surface area contributed by atoms with Gasteiger partial charge >= 0.3 is 0 Å². The van der Waals surface area contributed by atoms with E-state index in [0.717, 1.165) is 5.56 Å². The summed E-state index contributed by atoms with van der Waals surface area (Å²) in [4.78, 5) is 11.9. The summed E-state index contributed by atoms with van der Waals surface area (Å²) in [6.07, 6.45) is 0. The van der Waals surface area contributed by atoms with Crippen molar-refractivity contribution in [3.63, 3.8) is 0 Å². The maximum Gasteiger partial charge on any atom is 0.125 e. The quantitative estimate of drug-likeness (QED) is 0.615. The third kappa shape index (κ3) is 3.30. The minimum Gasteiger partial charge on any atom is -0.346 e. The summed E-state index contributed by atoms with van der Waals surface area (Å²) in [5.74, 6) is -0.819. The molecule has 0 unspecified atom stereocenters. The Bertz CT molecular complexity index is 523. The van der Waals surface area contributed by atoms with Crippen LogP contribution in [-0.4, -0.2) is 5.78 Å². The second kappa shape index (κ2) is 6.18. The Morgan fingerprint density at radius 1 is 1.24 bits per heavy atom. The zero-order chi connectivity index (χ0) is 11.5. The second-order valence-corrected chi connectivity index (χ2v) is 3.59. The van der Waals surface area contributed by atoms with Crippen molar-refractivity contribution in [3.05, 3.63) is 71.0 Å². The van der Waals surface area contributed by atoms with Gasteiger partial charge in [0.1, 0.15) is 11.6 Å². The molecule has 2 rings (SSSR count). The van der Waals surface area contributed by atoms with Crippen molar-refractivity contribution in [1.82, 2.24) is 0 Å². The fourth-order valence-corrected chi connectivity index (χ4v) is 1.48. The van der Waals surface area contributed by atoms with Crippen molar-refractivity contribution in [2.24, 2.45) is 0 Å². The molecule has 2 aromatic rings. The molecule has 0 aliphatic carbocycles. The van der Waals surface area contributed by atoms with Crippen LogP contribution in [0.3, 0.4) is 0 Å². The number of carbonyl (C=O) groups excluding carboxylic acids is 1. The normalized spacial score (nSPS) is 9.53.